The van der Waals surface area contributed by atoms with Gasteiger partial charge in [-0.1, -0.05) is 24.3 Å². The Morgan fingerprint density at radius 1 is 1.18 bits per heavy atom. The Hall–Kier alpha value is -4.98. The molecule has 2 heterocycles. The highest BCUT2D eigenvalue weighted by molar-refractivity contribution is 8.00. The molecular weight excluding hydrogens is 693 g/mol. The van der Waals surface area contributed by atoms with Crippen LogP contribution in [0, 0.1) is 40.1 Å². The van der Waals surface area contributed by atoms with Gasteiger partial charge in [-0.15, -0.1) is 11.8 Å². The Morgan fingerprint density at radius 3 is 2.57 bits per heavy atom. The number of aromatic nitrogens is 3. The van der Waals surface area contributed by atoms with Crippen LogP contribution in [0.1, 0.15) is 37.0 Å². The number of ether oxygens (including phenoxy) is 4. The van der Waals surface area contributed by atoms with Crippen molar-refractivity contribution in [2.45, 2.75) is 49.2 Å². The molecule has 1 aliphatic carbocycles. The molecule has 1 aliphatic heterocycles. The number of hydrogen-bond acceptors (Lipinski definition) is 11. The molecule has 51 heavy (non-hydrogen) atoms. The number of rotatable bonds is 14. The fourth-order valence-electron chi connectivity index (χ4n) is 5.73. The number of esters is 2. The van der Waals surface area contributed by atoms with Gasteiger partial charge >= 0.3 is 17.9 Å². The van der Waals surface area contributed by atoms with Crippen molar-refractivity contribution in [2.24, 2.45) is 11.3 Å². The van der Waals surface area contributed by atoms with E-state index in [2.05, 4.69) is 10.1 Å². The molecule has 2 fully saturated rings. The Morgan fingerprint density at radius 2 is 1.94 bits per heavy atom. The third kappa shape index (κ3) is 8.50. The van der Waals surface area contributed by atoms with Gasteiger partial charge < -0.3 is 24.1 Å². The number of carboxylic acid groups (broad SMARTS) is 1. The average Bonchev–Trinajstić information content (AvgIpc) is 3.63. The number of halogens is 3. The molecule has 1 saturated carbocycles. The van der Waals surface area contributed by atoms with Gasteiger partial charge in [0, 0.05) is 35.3 Å². The van der Waals surface area contributed by atoms with Gasteiger partial charge in [-0.2, -0.15) is 10.4 Å². The number of nitriles is 1. The molecule has 0 amide bonds. The van der Waals surface area contributed by atoms with E-state index in [0.717, 1.165) is 25.1 Å². The van der Waals surface area contributed by atoms with Gasteiger partial charge in [-0.05, 0) is 43.7 Å². The van der Waals surface area contributed by atoms with Crippen LogP contribution < -0.4 is 0 Å². The average molecular weight is 727 g/mol. The normalized spacial score (nSPS) is 23.3. The van der Waals surface area contributed by atoms with E-state index in [1.165, 1.54) is 47.3 Å². The molecule has 5 rings (SSSR count). The maximum atomic E-state index is 15.7. The van der Waals surface area contributed by atoms with Crippen molar-refractivity contribution in [1.29, 1.82) is 5.26 Å². The highest BCUT2D eigenvalue weighted by atomic mass is 32.2. The van der Waals surface area contributed by atoms with E-state index in [4.69, 9.17) is 24.2 Å². The highest BCUT2D eigenvalue weighted by Gasteiger charge is 2.69. The van der Waals surface area contributed by atoms with Crippen molar-refractivity contribution < 1.29 is 51.6 Å². The number of thioether (sulfide) groups is 1. The molecule has 1 aromatic heterocycles. The number of carboxylic acids is 1. The molecule has 16 heteroatoms. The molecule has 0 spiro atoms. The first-order chi connectivity index (χ1) is 24.4. The van der Waals surface area contributed by atoms with Gasteiger partial charge in [0.1, 0.15) is 30.1 Å². The van der Waals surface area contributed by atoms with Gasteiger partial charge in [0.15, 0.2) is 17.3 Å². The lowest BCUT2D eigenvalue weighted by Crippen LogP contribution is -2.49. The third-order valence-corrected chi connectivity index (χ3v) is 10.0. The van der Waals surface area contributed by atoms with Crippen LogP contribution in [-0.4, -0.2) is 74.4 Å². The van der Waals surface area contributed by atoms with Crippen molar-refractivity contribution in [3.05, 3.63) is 101 Å². The van der Waals surface area contributed by atoms with E-state index in [1.807, 2.05) is 6.07 Å². The SMILES string of the molecule is CC(=O)OC[C@@H]1C[C@@]1(C(=O)O)C(=O)O[C@@](Cn1cncn1)(c1ccc(F)cc1F)[C@@H](C)SC1COC(/C=C/C=C/c2ccc(C#N)cc2F)OC1. The molecule has 12 nitrogen and oxygen atoms in total. The second-order valence-electron chi connectivity index (χ2n) is 12.0. The second-order valence-corrected chi connectivity index (χ2v) is 13.6. The van der Waals surface area contributed by atoms with Crippen LogP contribution in [0.4, 0.5) is 13.2 Å². The van der Waals surface area contributed by atoms with Crippen LogP contribution in [0.5, 0.6) is 0 Å². The number of carbonyl (C=O) groups is 3. The molecule has 0 unspecified atom stereocenters. The molecule has 3 aromatic rings. The maximum Gasteiger partial charge on any atom is 0.324 e. The topological polar surface area (TPSA) is 163 Å². The largest absolute Gasteiger partial charge is 0.480 e. The van der Waals surface area contributed by atoms with E-state index in [0.29, 0.717) is 6.07 Å². The summed E-state index contributed by atoms with van der Waals surface area (Å²) in [4.78, 5) is 41.8. The second kappa shape index (κ2) is 15.9. The summed E-state index contributed by atoms with van der Waals surface area (Å²) in [6, 6.07) is 8.77. The van der Waals surface area contributed by atoms with Gasteiger partial charge in [-0.3, -0.25) is 14.4 Å². The Balaban J connectivity index is 1.36. The molecule has 4 atom stereocenters. The molecule has 0 radical (unpaired) electrons. The number of aliphatic carboxylic acids is 1. The smallest absolute Gasteiger partial charge is 0.324 e. The van der Waals surface area contributed by atoms with Crippen LogP contribution in [0.15, 0.2) is 67.3 Å². The van der Waals surface area contributed by atoms with Gasteiger partial charge in [0.2, 0.25) is 0 Å². The minimum absolute atomic E-state index is 0.140. The highest BCUT2D eigenvalue weighted by Crippen LogP contribution is 2.56. The maximum absolute atomic E-state index is 15.7. The minimum atomic E-state index is -2.07. The third-order valence-electron chi connectivity index (χ3n) is 8.59. The Labute approximate surface area is 294 Å². The fraction of sp³-hybridized carbons (Fsp3) is 0.371. The molecule has 2 aromatic carbocycles. The molecule has 268 valence electrons. The van der Waals surface area contributed by atoms with Crippen molar-refractivity contribution >= 4 is 35.7 Å². The lowest BCUT2D eigenvalue weighted by molar-refractivity contribution is -0.178. The lowest BCUT2D eigenvalue weighted by atomic mass is 9.88. The summed E-state index contributed by atoms with van der Waals surface area (Å²) < 4.78 is 68.1. The van der Waals surface area contributed by atoms with Crippen molar-refractivity contribution in [3.63, 3.8) is 0 Å². The molecule has 0 bridgehead atoms. The number of benzene rings is 2. The predicted octanol–water partition coefficient (Wildman–Crippen LogP) is 4.79. The predicted molar refractivity (Wildman–Crippen MR) is 175 cm³/mol. The van der Waals surface area contributed by atoms with E-state index in [-0.39, 0.29) is 49.5 Å². The zero-order valence-corrected chi connectivity index (χ0v) is 28.2. The number of allylic oxidation sites excluding steroid dienone is 2. The lowest BCUT2D eigenvalue weighted by Gasteiger charge is -2.41. The van der Waals surface area contributed by atoms with E-state index < -0.39 is 69.1 Å². The van der Waals surface area contributed by atoms with Crippen LogP contribution in [0.3, 0.4) is 0 Å². The molecule has 1 saturated heterocycles. The van der Waals surface area contributed by atoms with Gasteiger partial charge in [0.05, 0.1) is 43.2 Å². The first kappa shape index (κ1) is 37.3. The van der Waals surface area contributed by atoms with Gasteiger partial charge in [0.25, 0.3) is 0 Å². The molecular formula is C35H33F3N4O8S. The van der Waals surface area contributed by atoms with Crippen LogP contribution >= 0.6 is 11.8 Å². The van der Waals surface area contributed by atoms with E-state index in [9.17, 15) is 28.3 Å². The standard InChI is InChI=1S/C35H33F3N4O8S/c1-21(51-27-16-48-31(49-17-27)6-4-3-5-24-8-7-23(14-39)11-29(24)37)35(18-42-20-40-19-41-42,28-10-9-26(36)12-30(28)38)50-33(46)34(32(44)45)13-25(34)15-47-22(2)43/h3-12,19-21,25,27,31H,13,15-18H2,1-2H3,(H,44,45)/b5-3+,6-4+/t21-,25+,27?,31?,34-,35-/m1/s1. The first-order valence-electron chi connectivity index (χ1n) is 15.7. The quantitative estimate of drug-likeness (QED) is 0.138. The minimum Gasteiger partial charge on any atom is -0.480 e. The number of nitrogens with zero attached hydrogens (tertiary/aromatic N) is 4. The Bertz CT molecular complexity index is 1860. The van der Waals surface area contributed by atoms with Gasteiger partial charge in [-0.25, -0.2) is 22.8 Å². The summed E-state index contributed by atoms with van der Waals surface area (Å²) >= 11 is 1.22. The molecule has 2 aliphatic rings. The summed E-state index contributed by atoms with van der Waals surface area (Å²) in [5.74, 6) is -6.68. The van der Waals surface area contributed by atoms with Crippen molar-refractivity contribution in [2.75, 3.05) is 19.8 Å². The van der Waals surface area contributed by atoms with E-state index >= 15 is 4.39 Å². The number of carbonyl (C=O) groups excluding carboxylic acids is 2. The van der Waals surface area contributed by atoms with Crippen LogP contribution in [-0.2, 0) is 45.5 Å². The van der Waals surface area contributed by atoms with Crippen molar-refractivity contribution in [1.82, 2.24) is 14.8 Å². The van der Waals surface area contributed by atoms with Crippen LogP contribution in [0.2, 0.25) is 0 Å². The summed E-state index contributed by atoms with van der Waals surface area (Å²) in [5.41, 5.74) is -3.76. The summed E-state index contributed by atoms with van der Waals surface area (Å²) in [5, 5.41) is 21.9. The zero-order valence-electron chi connectivity index (χ0n) is 27.4. The monoisotopic (exact) mass is 726 g/mol. The van der Waals surface area contributed by atoms with E-state index in [1.54, 1.807) is 25.2 Å². The number of hydrogen-bond donors (Lipinski definition) is 1. The molecule has 1 N–H and O–H groups in total. The van der Waals surface area contributed by atoms with Crippen LogP contribution in [0.25, 0.3) is 6.08 Å². The summed E-state index contributed by atoms with van der Waals surface area (Å²) in [6.07, 6.45) is 7.93. The summed E-state index contributed by atoms with van der Waals surface area (Å²) in [6.45, 7) is 2.41. The zero-order chi connectivity index (χ0) is 36.8. The van der Waals surface area contributed by atoms with Crippen molar-refractivity contribution in [3.8, 4) is 6.07 Å². The summed E-state index contributed by atoms with van der Waals surface area (Å²) in [7, 11) is 0. The first-order valence-corrected chi connectivity index (χ1v) is 16.6. The fourth-order valence-corrected chi connectivity index (χ4v) is 7.09. The Kier molecular flexibility index (Phi) is 11.6.